The number of rotatable bonds is 6. The van der Waals surface area contributed by atoms with Gasteiger partial charge in [0.2, 0.25) is 5.91 Å². The van der Waals surface area contributed by atoms with Crippen LogP contribution in [0.25, 0.3) is 0 Å². The minimum Gasteiger partial charge on any atom is -0.385 e. The second-order valence-corrected chi connectivity index (χ2v) is 6.47. The van der Waals surface area contributed by atoms with Crippen molar-refractivity contribution in [1.82, 2.24) is 0 Å². The van der Waals surface area contributed by atoms with Crippen LogP contribution in [0.4, 0.5) is 15.8 Å². The average molecular weight is 328 g/mol. The van der Waals surface area contributed by atoms with Crippen LogP contribution in [0.1, 0.15) is 31.7 Å². The summed E-state index contributed by atoms with van der Waals surface area (Å²) in [7, 11) is 0. The van der Waals surface area contributed by atoms with E-state index >= 15 is 0 Å². The first-order chi connectivity index (χ1) is 11.4. The Balaban J connectivity index is 1.70. The number of hydrogen-bond donors (Lipinski definition) is 3. The van der Waals surface area contributed by atoms with Gasteiger partial charge < -0.3 is 15.7 Å². The van der Waals surface area contributed by atoms with Crippen LogP contribution < -0.4 is 10.6 Å². The fourth-order valence-corrected chi connectivity index (χ4v) is 2.60. The van der Waals surface area contributed by atoms with Crippen molar-refractivity contribution in [2.24, 2.45) is 0 Å². The number of benzene rings is 2. The van der Waals surface area contributed by atoms with Crippen molar-refractivity contribution >= 4 is 17.3 Å². The largest absolute Gasteiger partial charge is 0.385 e. The lowest BCUT2D eigenvalue weighted by molar-refractivity contribution is -0.120. The molecular formula is C19H21FN2O2. The van der Waals surface area contributed by atoms with Gasteiger partial charge in [-0.25, -0.2) is 4.39 Å². The maximum atomic E-state index is 13.5. The number of anilines is 2. The van der Waals surface area contributed by atoms with Gasteiger partial charge in [0.05, 0.1) is 23.4 Å². The third kappa shape index (κ3) is 4.11. The van der Waals surface area contributed by atoms with Crippen LogP contribution in [0.15, 0.2) is 48.5 Å². The second-order valence-electron chi connectivity index (χ2n) is 6.47. The van der Waals surface area contributed by atoms with Crippen LogP contribution in [-0.4, -0.2) is 17.1 Å². The lowest BCUT2D eigenvalue weighted by Crippen LogP contribution is -2.28. The van der Waals surface area contributed by atoms with Crippen molar-refractivity contribution < 1.29 is 14.3 Å². The lowest BCUT2D eigenvalue weighted by atomic mass is 9.92. The van der Waals surface area contributed by atoms with Crippen LogP contribution in [0.3, 0.4) is 0 Å². The molecule has 2 aromatic carbocycles. The molecule has 126 valence electrons. The van der Waals surface area contributed by atoms with E-state index in [1.165, 1.54) is 18.2 Å². The summed E-state index contributed by atoms with van der Waals surface area (Å²) in [5, 5.41) is 16.5. The molecule has 4 nitrogen and oxygen atoms in total. The molecule has 0 bridgehead atoms. The first kappa shape index (κ1) is 16.5. The van der Waals surface area contributed by atoms with E-state index in [1.807, 2.05) is 18.2 Å². The molecule has 0 spiro atoms. The smallest absolute Gasteiger partial charge is 0.227 e. The van der Waals surface area contributed by atoms with Crippen LogP contribution in [-0.2, 0) is 10.4 Å². The van der Waals surface area contributed by atoms with Crippen molar-refractivity contribution in [3.05, 3.63) is 59.9 Å². The van der Waals surface area contributed by atoms with Gasteiger partial charge in [0, 0.05) is 6.04 Å². The number of halogens is 1. The molecule has 1 saturated carbocycles. The fraction of sp³-hybridized carbons (Fsp3) is 0.316. The van der Waals surface area contributed by atoms with Crippen LogP contribution >= 0.6 is 0 Å². The van der Waals surface area contributed by atoms with Crippen molar-refractivity contribution in [2.75, 3.05) is 10.6 Å². The van der Waals surface area contributed by atoms with Crippen LogP contribution in [0.5, 0.6) is 0 Å². The van der Waals surface area contributed by atoms with Crippen LogP contribution in [0.2, 0.25) is 0 Å². The standard InChI is InChI=1S/C19H21FN2O2/c1-19(24,13-5-3-2-4-6-13)12-18(23)22-16-10-7-14(20)11-17(16)21-15-8-9-15/h2-7,10-11,15,21,24H,8-9,12H2,1H3,(H,22,23). The molecule has 24 heavy (non-hydrogen) atoms. The number of nitrogens with one attached hydrogen (secondary N) is 2. The maximum absolute atomic E-state index is 13.5. The Morgan fingerprint density at radius 1 is 1.21 bits per heavy atom. The van der Waals surface area contributed by atoms with E-state index < -0.39 is 5.60 Å². The number of aliphatic hydroxyl groups is 1. The molecule has 0 aromatic heterocycles. The average Bonchev–Trinajstić information content (AvgIpc) is 3.34. The molecule has 0 radical (unpaired) electrons. The summed E-state index contributed by atoms with van der Waals surface area (Å²) >= 11 is 0. The fourth-order valence-electron chi connectivity index (χ4n) is 2.60. The Bertz CT molecular complexity index is 727. The van der Waals surface area contributed by atoms with E-state index in [2.05, 4.69) is 10.6 Å². The normalized spacial score (nSPS) is 16.3. The number of amides is 1. The first-order valence-electron chi connectivity index (χ1n) is 8.08. The van der Waals surface area contributed by atoms with Crippen molar-refractivity contribution in [1.29, 1.82) is 0 Å². The lowest BCUT2D eigenvalue weighted by Gasteiger charge is -2.23. The Labute approximate surface area is 140 Å². The second kappa shape index (κ2) is 6.61. The summed E-state index contributed by atoms with van der Waals surface area (Å²) in [5.74, 6) is -0.679. The molecule has 5 heteroatoms. The molecule has 0 aliphatic heterocycles. The SMILES string of the molecule is CC(O)(CC(=O)Nc1ccc(F)cc1NC1CC1)c1ccccc1. The number of hydrogen-bond acceptors (Lipinski definition) is 3. The molecule has 1 amide bonds. The molecule has 0 heterocycles. The van der Waals surface area contributed by atoms with Gasteiger partial charge in [-0.15, -0.1) is 0 Å². The topological polar surface area (TPSA) is 61.4 Å². The van der Waals surface area contributed by atoms with Crippen molar-refractivity contribution in [2.45, 2.75) is 37.8 Å². The van der Waals surface area contributed by atoms with Gasteiger partial charge in [-0.3, -0.25) is 4.79 Å². The van der Waals surface area contributed by atoms with Crippen molar-refractivity contribution in [3.63, 3.8) is 0 Å². The van der Waals surface area contributed by atoms with E-state index in [1.54, 1.807) is 19.1 Å². The molecule has 1 unspecified atom stereocenters. The highest BCUT2D eigenvalue weighted by Gasteiger charge is 2.27. The summed E-state index contributed by atoms with van der Waals surface area (Å²) in [4.78, 5) is 12.3. The predicted octanol–water partition coefficient (Wildman–Crippen LogP) is 3.64. The zero-order chi connectivity index (χ0) is 17.2. The van der Waals surface area contributed by atoms with Gasteiger partial charge in [-0.2, -0.15) is 0 Å². The molecule has 2 aromatic rings. The highest BCUT2D eigenvalue weighted by atomic mass is 19.1. The van der Waals surface area contributed by atoms with Gasteiger partial charge >= 0.3 is 0 Å². The predicted molar refractivity (Wildman–Crippen MR) is 92.3 cm³/mol. The van der Waals surface area contributed by atoms with Gasteiger partial charge in [0.1, 0.15) is 5.82 Å². The van der Waals surface area contributed by atoms with Crippen molar-refractivity contribution in [3.8, 4) is 0 Å². The third-order valence-corrected chi connectivity index (χ3v) is 4.09. The minimum atomic E-state index is -1.27. The maximum Gasteiger partial charge on any atom is 0.227 e. The highest BCUT2D eigenvalue weighted by Crippen LogP contribution is 2.31. The van der Waals surface area contributed by atoms with Gasteiger partial charge in [0.15, 0.2) is 0 Å². The van der Waals surface area contributed by atoms with Gasteiger partial charge in [-0.1, -0.05) is 30.3 Å². The Morgan fingerprint density at radius 2 is 1.92 bits per heavy atom. The molecule has 1 aliphatic carbocycles. The van der Waals surface area contributed by atoms with E-state index in [9.17, 15) is 14.3 Å². The summed E-state index contributed by atoms with van der Waals surface area (Å²) in [6.45, 7) is 1.61. The molecular weight excluding hydrogens is 307 g/mol. The number of carbonyl (C=O) groups is 1. The third-order valence-electron chi connectivity index (χ3n) is 4.09. The van der Waals surface area contributed by atoms with E-state index in [0.29, 0.717) is 23.0 Å². The summed E-state index contributed by atoms with van der Waals surface area (Å²) < 4.78 is 13.5. The summed E-state index contributed by atoms with van der Waals surface area (Å²) in [6.07, 6.45) is 2.01. The van der Waals surface area contributed by atoms with E-state index in [4.69, 9.17) is 0 Å². The summed E-state index contributed by atoms with van der Waals surface area (Å²) in [6, 6.07) is 13.6. The number of carbonyl (C=O) groups excluding carboxylic acids is 1. The molecule has 1 aliphatic rings. The van der Waals surface area contributed by atoms with E-state index in [-0.39, 0.29) is 18.1 Å². The van der Waals surface area contributed by atoms with Gasteiger partial charge in [0.25, 0.3) is 0 Å². The zero-order valence-electron chi connectivity index (χ0n) is 13.6. The first-order valence-corrected chi connectivity index (χ1v) is 8.08. The summed E-state index contributed by atoms with van der Waals surface area (Å²) in [5.41, 5.74) is 0.507. The Morgan fingerprint density at radius 3 is 2.58 bits per heavy atom. The Hall–Kier alpha value is -2.40. The monoisotopic (exact) mass is 328 g/mol. The minimum absolute atomic E-state index is 0.0861. The molecule has 0 saturated heterocycles. The van der Waals surface area contributed by atoms with Gasteiger partial charge in [-0.05, 0) is 43.5 Å². The van der Waals surface area contributed by atoms with Crippen LogP contribution in [0, 0.1) is 5.82 Å². The molecule has 3 N–H and O–H groups in total. The molecule has 1 atom stereocenters. The quantitative estimate of drug-likeness (QED) is 0.759. The molecule has 3 rings (SSSR count). The highest BCUT2D eigenvalue weighted by molar-refractivity contribution is 5.94. The van der Waals surface area contributed by atoms with E-state index in [0.717, 1.165) is 12.8 Å². The zero-order valence-corrected chi connectivity index (χ0v) is 13.6. The molecule has 1 fully saturated rings. The Kier molecular flexibility index (Phi) is 4.53.